The number of methoxy groups -OCH3 is 1. The van der Waals surface area contributed by atoms with Crippen LogP contribution in [0.2, 0.25) is 0 Å². The van der Waals surface area contributed by atoms with E-state index in [1.807, 2.05) is 48.5 Å². The summed E-state index contributed by atoms with van der Waals surface area (Å²) in [5.41, 5.74) is 2.32. The van der Waals surface area contributed by atoms with Gasteiger partial charge in [-0.25, -0.2) is 0 Å². The first-order valence-corrected chi connectivity index (χ1v) is 9.16. The Morgan fingerprint density at radius 2 is 1.62 bits per heavy atom. The molecule has 26 heavy (non-hydrogen) atoms. The minimum absolute atomic E-state index is 0.0101. The Morgan fingerprint density at radius 3 is 2.15 bits per heavy atom. The van der Waals surface area contributed by atoms with E-state index in [0.29, 0.717) is 11.7 Å². The summed E-state index contributed by atoms with van der Waals surface area (Å²) in [7, 11) is 1.65. The summed E-state index contributed by atoms with van der Waals surface area (Å²) < 4.78 is 10.8. The topological polar surface area (TPSA) is 47.6 Å². The van der Waals surface area contributed by atoms with Crippen molar-refractivity contribution in [2.24, 2.45) is 5.92 Å². The SMILES string of the molecule is CCc1ccc(OCC(=O)N[C@H](CC(C)C)c2ccc(OC)cc2)cc1. The molecule has 1 N–H and O–H groups in total. The fourth-order valence-electron chi connectivity index (χ4n) is 2.79. The van der Waals surface area contributed by atoms with Gasteiger partial charge in [-0.3, -0.25) is 4.79 Å². The van der Waals surface area contributed by atoms with Crippen LogP contribution >= 0.6 is 0 Å². The van der Waals surface area contributed by atoms with E-state index in [1.54, 1.807) is 7.11 Å². The number of benzene rings is 2. The molecule has 1 atom stereocenters. The Balaban J connectivity index is 1.96. The van der Waals surface area contributed by atoms with Crippen molar-refractivity contribution >= 4 is 5.91 Å². The first-order valence-electron chi connectivity index (χ1n) is 9.16. The first-order chi connectivity index (χ1) is 12.5. The predicted octanol–water partition coefficient (Wildman–Crippen LogP) is 4.54. The third kappa shape index (κ3) is 6.10. The number of hydrogen-bond donors (Lipinski definition) is 1. The Kier molecular flexibility index (Phi) is 7.52. The van der Waals surface area contributed by atoms with Gasteiger partial charge >= 0.3 is 0 Å². The van der Waals surface area contributed by atoms with Gasteiger partial charge in [0, 0.05) is 0 Å². The third-order valence-electron chi connectivity index (χ3n) is 4.26. The van der Waals surface area contributed by atoms with Crippen LogP contribution in [0.4, 0.5) is 0 Å². The maximum absolute atomic E-state index is 12.4. The van der Waals surface area contributed by atoms with Gasteiger partial charge in [-0.05, 0) is 54.2 Å². The summed E-state index contributed by atoms with van der Waals surface area (Å²) >= 11 is 0. The zero-order valence-electron chi connectivity index (χ0n) is 16.1. The van der Waals surface area contributed by atoms with Crippen LogP contribution in [0.1, 0.15) is 44.4 Å². The number of hydrogen-bond acceptors (Lipinski definition) is 3. The van der Waals surface area contributed by atoms with Crippen molar-refractivity contribution in [2.75, 3.05) is 13.7 Å². The van der Waals surface area contributed by atoms with Crippen molar-refractivity contribution < 1.29 is 14.3 Å². The zero-order chi connectivity index (χ0) is 18.9. The van der Waals surface area contributed by atoms with E-state index in [4.69, 9.17) is 9.47 Å². The van der Waals surface area contributed by atoms with Crippen molar-refractivity contribution in [1.82, 2.24) is 5.32 Å². The van der Waals surface area contributed by atoms with E-state index in [-0.39, 0.29) is 18.6 Å². The summed E-state index contributed by atoms with van der Waals surface area (Å²) in [6.07, 6.45) is 1.85. The molecule has 140 valence electrons. The lowest BCUT2D eigenvalue weighted by atomic mass is 9.97. The monoisotopic (exact) mass is 355 g/mol. The van der Waals surface area contributed by atoms with Crippen LogP contribution in [0.15, 0.2) is 48.5 Å². The van der Waals surface area contributed by atoms with Gasteiger partial charge in [0.05, 0.1) is 13.2 Å². The molecule has 0 aliphatic carbocycles. The molecule has 0 aromatic heterocycles. The summed E-state index contributed by atoms with van der Waals surface area (Å²) in [4.78, 5) is 12.4. The fraction of sp³-hybridized carbons (Fsp3) is 0.409. The minimum Gasteiger partial charge on any atom is -0.497 e. The summed E-state index contributed by atoms with van der Waals surface area (Å²) in [6.45, 7) is 6.41. The van der Waals surface area contributed by atoms with Crippen molar-refractivity contribution in [2.45, 2.75) is 39.7 Å². The largest absolute Gasteiger partial charge is 0.497 e. The number of carbonyl (C=O) groups is 1. The molecule has 0 saturated heterocycles. The van der Waals surface area contributed by atoms with Gasteiger partial charge in [0.25, 0.3) is 5.91 Å². The van der Waals surface area contributed by atoms with Gasteiger partial charge in [-0.1, -0.05) is 45.0 Å². The van der Waals surface area contributed by atoms with E-state index >= 15 is 0 Å². The van der Waals surface area contributed by atoms with E-state index in [0.717, 1.165) is 24.2 Å². The van der Waals surface area contributed by atoms with Crippen LogP contribution in [-0.4, -0.2) is 19.6 Å². The van der Waals surface area contributed by atoms with E-state index in [1.165, 1.54) is 5.56 Å². The van der Waals surface area contributed by atoms with Crippen LogP contribution in [0.3, 0.4) is 0 Å². The molecule has 0 aliphatic heterocycles. The molecular formula is C22H29NO3. The maximum Gasteiger partial charge on any atom is 0.258 e. The van der Waals surface area contributed by atoms with E-state index in [9.17, 15) is 4.79 Å². The van der Waals surface area contributed by atoms with Gasteiger partial charge in [0.1, 0.15) is 11.5 Å². The van der Waals surface area contributed by atoms with Gasteiger partial charge in [-0.15, -0.1) is 0 Å². The second-order valence-electron chi connectivity index (χ2n) is 6.81. The highest BCUT2D eigenvalue weighted by molar-refractivity contribution is 5.78. The minimum atomic E-state index is -0.119. The number of carbonyl (C=O) groups excluding carboxylic acids is 1. The standard InChI is InChI=1S/C22H29NO3/c1-5-17-6-10-20(11-7-17)26-15-22(24)23-21(14-16(2)3)18-8-12-19(25-4)13-9-18/h6-13,16,21H,5,14-15H2,1-4H3,(H,23,24)/t21-/m1/s1. The maximum atomic E-state index is 12.4. The number of rotatable bonds is 9. The second kappa shape index (κ2) is 9.85. The Bertz CT molecular complexity index is 678. The molecule has 0 fully saturated rings. The van der Waals surface area contributed by atoms with Crippen molar-refractivity contribution in [1.29, 1.82) is 0 Å². The van der Waals surface area contributed by atoms with Crippen molar-refractivity contribution in [3.8, 4) is 11.5 Å². The number of ether oxygens (including phenoxy) is 2. The average molecular weight is 355 g/mol. The Hall–Kier alpha value is -2.49. The molecule has 0 saturated carbocycles. The molecule has 0 spiro atoms. The molecule has 0 aliphatic rings. The van der Waals surface area contributed by atoms with Crippen LogP contribution in [-0.2, 0) is 11.2 Å². The molecule has 2 rings (SSSR count). The highest BCUT2D eigenvalue weighted by atomic mass is 16.5. The Morgan fingerprint density at radius 1 is 1.00 bits per heavy atom. The quantitative estimate of drug-likeness (QED) is 0.718. The van der Waals surface area contributed by atoms with Gasteiger partial charge < -0.3 is 14.8 Å². The van der Waals surface area contributed by atoms with Crippen LogP contribution in [0.25, 0.3) is 0 Å². The lowest BCUT2D eigenvalue weighted by Crippen LogP contribution is -2.33. The van der Waals surface area contributed by atoms with E-state index < -0.39 is 0 Å². The summed E-state index contributed by atoms with van der Waals surface area (Å²) in [5.74, 6) is 1.86. The molecule has 4 nitrogen and oxygen atoms in total. The summed E-state index contributed by atoms with van der Waals surface area (Å²) in [5, 5.41) is 3.09. The van der Waals surface area contributed by atoms with Gasteiger partial charge in [0.2, 0.25) is 0 Å². The lowest BCUT2D eigenvalue weighted by molar-refractivity contribution is -0.124. The second-order valence-corrected chi connectivity index (χ2v) is 6.81. The molecular weight excluding hydrogens is 326 g/mol. The van der Waals surface area contributed by atoms with Crippen molar-refractivity contribution in [3.05, 3.63) is 59.7 Å². The average Bonchev–Trinajstić information content (AvgIpc) is 2.66. The van der Waals surface area contributed by atoms with Crippen LogP contribution in [0.5, 0.6) is 11.5 Å². The van der Waals surface area contributed by atoms with Crippen LogP contribution < -0.4 is 14.8 Å². The molecule has 0 unspecified atom stereocenters. The molecule has 0 heterocycles. The highest BCUT2D eigenvalue weighted by Crippen LogP contribution is 2.23. The Labute approximate surface area is 156 Å². The van der Waals surface area contributed by atoms with Gasteiger partial charge in [-0.2, -0.15) is 0 Å². The smallest absolute Gasteiger partial charge is 0.258 e. The molecule has 2 aromatic rings. The van der Waals surface area contributed by atoms with Crippen LogP contribution in [0, 0.1) is 5.92 Å². The molecule has 4 heteroatoms. The highest BCUT2D eigenvalue weighted by Gasteiger charge is 2.16. The fourth-order valence-corrected chi connectivity index (χ4v) is 2.79. The van der Waals surface area contributed by atoms with E-state index in [2.05, 4.69) is 26.1 Å². The molecule has 0 radical (unpaired) electrons. The summed E-state index contributed by atoms with van der Waals surface area (Å²) in [6, 6.07) is 15.6. The third-order valence-corrected chi connectivity index (χ3v) is 4.26. The number of nitrogens with one attached hydrogen (secondary N) is 1. The van der Waals surface area contributed by atoms with Crippen molar-refractivity contribution in [3.63, 3.8) is 0 Å². The predicted molar refractivity (Wildman–Crippen MR) is 105 cm³/mol. The van der Waals surface area contributed by atoms with Gasteiger partial charge in [0.15, 0.2) is 6.61 Å². The molecule has 0 bridgehead atoms. The first kappa shape index (κ1) is 19.8. The molecule has 2 aromatic carbocycles. The zero-order valence-corrected chi connectivity index (χ0v) is 16.1. The lowest BCUT2D eigenvalue weighted by Gasteiger charge is -2.21. The normalized spacial score (nSPS) is 11.9. The number of amides is 1. The molecule has 1 amide bonds. The number of aryl methyl sites for hydroxylation is 1.